The zero-order chi connectivity index (χ0) is 23.5. The molecule has 0 saturated carbocycles. The molecule has 2 aliphatic heterocycles. The summed E-state index contributed by atoms with van der Waals surface area (Å²) in [6, 6.07) is 8.16. The van der Waals surface area contributed by atoms with Crippen molar-refractivity contribution in [3.05, 3.63) is 39.7 Å². The van der Waals surface area contributed by atoms with Gasteiger partial charge in [-0.2, -0.15) is 0 Å². The summed E-state index contributed by atoms with van der Waals surface area (Å²) < 4.78 is 10.9. The van der Waals surface area contributed by atoms with Crippen LogP contribution < -0.4 is 19.9 Å². The van der Waals surface area contributed by atoms with Gasteiger partial charge in [0.2, 0.25) is 5.91 Å². The van der Waals surface area contributed by atoms with E-state index < -0.39 is 24.2 Å². The van der Waals surface area contributed by atoms with Gasteiger partial charge in [-0.1, -0.05) is 34.5 Å². The standard InChI is InChI=1S/C21H21Cl2N3O6S/c22-15-8-13(3-4-16(15)25-7-1-2-12(11-27)19(25)28)26-10-14(31-21(26)30)9-24-20(29)32-18-6-5-17(23)33-18/h3-6,8,12,14,27H,1-2,7,9-11H2,(H,24,29)/t12?,14-/m0/s1. The number of thiophene rings is 1. The zero-order valence-electron chi connectivity index (χ0n) is 17.3. The summed E-state index contributed by atoms with van der Waals surface area (Å²) in [5.41, 5.74) is 1.04. The van der Waals surface area contributed by atoms with Crippen molar-refractivity contribution in [2.75, 3.05) is 36.0 Å². The van der Waals surface area contributed by atoms with E-state index in [0.717, 1.165) is 17.8 Å². The third-order valence-corrected chi connectivity index (χ3v) is 6.81. The van der Waals surface area contributed by atoms with Crippen LogP contribution in [0.1, 0.15) is 12.8 Å². The van der Waals surface area contributed by atoms with Crippen LogP contribution in [0, 0.1) is 5.92 Å². The molecule has 4 rings (SSSR count). The highest BCUT2D eigenvalue weighted by atomic mass is 35.5. The zero-order valence-corrected chi connectivity index (χ0v) is 19.7. The number of nitrogens with one attached hydrogen (secondary N) is 1. The first-order valence-electron chi connectivity index (χ1n) is 10.3. The Kier molecular flexibility index (Phi) is 7.28. The van der Waals surface area contributed by atoms with Crippen molar-refractivity contribution in [1.82, 2.24) is 5.32 Å². The number of hydrogen-bond donors (Lipinski definition) is 2. The molecule has 0 radical (unpaired) electrons. The van der Waals surface area contributed by atoms with E-state index in [1.165, 1.54) is 4.90 Å². The predicted octanol–water partition coefficient (Wildman–Crippen LogP) is 3.90. The fraction of sp³-hybridized carbons (Fsp3) is 0.381. The summed E-state index contributed by atoms with van der Waals surface area (Å²) in [7, 11) is 0. The lowest BCUT2D eigenvalue weighted by molar-refractivity contribution is -0.125. The number of piperidine rings is 1. The van der Waals surface area contributed by atoms with Crippen LogP contribution in [0.25, 0.3) is 0 Å². The van der Waals surface area contributed by atoms with Crippen molar-refractivity contribution in [3.63, 3.8) is 0 Å². The van der Waals surface area contributed by atoms with E-state index in [0.29, 0.717) is 38.8 Å². The molecule has 176 valence electrons. The van der Waals surface area contributed by atoms with Crippen molar-refractivity contribution >= 4 is 64.0 Å². The van der Waals surface area contributed by atoms with E-state index >= 15 is 0 Å². The summed E-state index contributed by atoms with van der Waals surface area (Å²) in [4.78, 5) is 39.8. The average molecular weight is 514 g/mol. The lowest BCUT2D eigenvalue weighted by atomic mass is 9.97. The van der Waals surface area contributed by atoms with Crippen LogP contribution in [0.15, 0.2) is 30.3 Å². The second kappa shape index (κ2) is 10.2. The summed E-state index contributed by atoms with van der Waals surface area (Å²) in [6.07, 6.45) is -0.416. The molecule has 2 fully saturated rings. The molecule has 1 unspecified atom stereocenters. The molecule has 2 atom stereocenters. The van der Waals surface area contributed by atoms with Gasteiger partial charge in [0.1, 0.15) is 6.10 Å². The summed E-state index contributed by atoms with van der Waals surface area (Å²) in [5, 5.41) is 12.6. The molecule has 9 nitrogen and oxygen atoms in total. The molecule has 0 bridgehead atoms. The van der Waals surface area contributed by atoms with Gasteiger partial charge in [-0.05, 0) is 43.2 Å². The van der Waals surface area contributed by atoms with Gasteiger partial charge < -0.3 is 24.8 Å². The van der Waals surface area contributed by atoms with Crippen LogP contribution in [-0.2, 0) is 9.53 Å². The maximum atomic E-state index is 12.6. The number of hydrogen-bond acceptors (Lipinski definition) is 7. The highest BCUT2D eigenvalue weighted by Gasteiger charge is 2.34. The van der Waals surface area contributed by atoms with Gasteiger partial charge >= 0.3 is 12.2 Å². The first-order chi connectivity index (χ1) is 15.9. The molecule has 33 heavy (non-hydrogen) atoms. The van der Waals surface area contributed by atoms with Crippen molar-refractivity contribution in [2.24, 2.45) is 5.92 Å². The lowest BCUT2D eigenvalue weighted by Crippen LogP contribution is -2.42. The third kappa shape index (κ3) is 5.35. The second-order valence-electron chi connectivity index (χ2n) is 7.59. The summed E-state index contributed by atoms with van der Waals surface area (Å²) in [6.45, 7) is 0.585. The number of anilines is 2. The van der Waals surface area contributed by atoms with Crippen molar-refractivity contribution in [3.8, 4) is 5.06 Å². The first kappa shape index (κ1) is 23.6. The molecule has 1 aromatic carbocycles. The number of aliphatic hydroxyl groups is 1. The molecule has 2 saturated heterocycles. The van der Waals surface area contributed by atoms with Crippen molar-refractivity contribution in [1.29, 1.82) is 0 Å². The Morgan fingerprint density at radius 2 is 2.06 bits per heavy atom. The van der Waals surface area contributed by atoms with Gasteiger partial charge in [0.25, 0.3) is 0 Å². The van der Waals surface area contributed by atoms with E-state index in [2.05, 4.69) is 5.32 Å². The minimum atomic E-state index is -0.678. The lowest BCUT2D eigenvalue weighted by Gasteiger charge is -2.32. The third-order valence-electron chi connectivity index (χ3n) is 5.39. The molecular weight excluding hydrogens is 493 g/mol. The second-order valence-corrected chi connectivity index (χ2v) is 9.68. The number of rotatable bonds is 6. The highest BCUT2D eigenvalue weighted by molar-refractivity contribution is 7.17. The van der Waals surface area contributed by atoms with Gasteiger partial charge in [-0.3, -0.25) is 9.69 Å². The number of amides is 3. The topological polar surface area (TPSA) is 108 Å². The maximum Gasteiger partial charge on any atom is 0.414 e. The Morgan fingerprint density at radius 1 is 1.24 bits per heavy atom. The number of halogens is 2. The largest absolute Gasteiger partial charge is 0.442 e. The minimum Gasteiger partial charge on any atom is -0.442 e. The van der Waals surface area contributed by atoms with Crippen LogP contribution in [0.2, 0.25) is 9.36 Å². The van der Waals surface area contributed by atoms with Crippen LogP contribution in [0.3, 0.4) is 0 Å². The fourth-order valence-corrected chi connectivity index (χ4v) is 4.91. The van der Waals surface area contributed by atoms with Crippen LogP contribution in [-0.4, -0.2) is 55.5 Å². The molecule has 2 aliphatic rings. The number of carbonyl (C=O) groups excluding carboxylic acids is 3. The highest BCUT2D eigenvalue weighted by Crippen LogP contribution is 2.35. The predicted molar refractivity (Wildman–Crippen MR) is 125 cm³/mol. The normalized spacial score (nSPS) is 20.7. The molecule has 0 aliphatic carbocycles. The first-order valence-corrected chi connectivity index (χ1v) is 11.8. The van der Waals surface area contributed by atoms with Crippen LogP contribution in [0.5, 0.6) is 5.06 Å². The number of benzene rings is 1. The van der Waals surface area contributed by atoms with Gasteiger partial charge in [-0.25, -0.2) is 9.59 Å². The summed E-state index contributed by atoms with van der Waals surface area (Å²) >= 11 is 13.4. The Labute approximate surface area is 203 Å². The van der Waals surface area contributed by atoms with Crippen LogP contribution in [0.4, 0.5) is 21.0 Å². The number of ether oxygens (including phenoxy) is 2. The van der Waals surface area contributed by atoms with Crippen molar-refractivity contribution in [2.45, 2.75) is 18.9 Å². The quantitative estimate of drug-likeness (QED) is 0.606. The molecular formula is C21H21Cl2N3O6S. The summed E-state index contributed by atoms with van der Waals surface area (Å²) in [5.74, 6) is -0.596. The van der Waals surface area contributed by atoms with Gasteiger partial charge in [0.15, 0.2) is 5.06 Å². The monoisotopic (exact) mass is 513 g/mol. The molecule has 2 N–H and O–H groups in total. The van der Waals surface area contributed by atoms with Crippen molar-refractivity contribution < 1.29 is 29.0 Å². The molecule has 12 heteroatoms. The van der Waals surface area contributed by atoms with E-state index in [-0.39, 0.29) is 25.6 Å². The maximum absolute atomic E-state index is 12.6. The minimum absolute atomic E-state index is 0.0663. The molecule has 0 spiro atoms. The number of carbonyl (C=O) groups is 3. The van der Waals surface area contributed by atoms with Gasteiger partial charge in [0.05, 0.1) is 40.7 Å². The number of cyclic esters (lactones) is 1. The Balaban J connectivity index is 1.36. The Hall–Kier alpha value is -2.53. The SMILES string of the molecule is O=C(NC[C@H]1CN(c2ccc(N3CCCC(CO)C3=O)c(Cl)c2)C(=O)O1)Oc1ccc(Cl)s1. The number of aliphatic hydroxyl groups excluding tert-OH is 1. The smallest absolute Gasteiger partial charge is 0.414 e. The number of nitrogens with zero attached hydrogens (tertiary/aromatic N) is 2. The van der Waals surface area contributed by atoms with Crippen LogP contribution >= 0.6 is 34.5 Å². The molecule has 2 aromatic rings. The Morgan fingerprint density at radius 3 is 2.76 bits per heavy atom. The average Bonchev–Trinajstić information content (AvgIpc) is 3.37. The molecule has 3 amide bonds. The van der Waals surface area contributed by atoms with Gasteiger partial charge in [-0.15, -0.1) is 0 Å². The van der Waals surface area contributed by atoms with Gasteiger partial charge in [0, 0.05) is 12.2 Å². The van der Waals surface area contributed by atoms with E-state index in [4.69, 9.17) is 32.7 Å². The Bertz CT molecular complexity index is 1060. The fourth-order valence-electron chi connectivity index (χ4n) is 3.76. The van der Waals surface area contributed by atoms with E-state index in [9.17, 15) is 19.5 Å². The van der Waals surface area contributed by atoms with E-state index in [1.54, 1.807) is 35.2 Å². The molecule has 3 heterocycles. The van der Waals surface area contributed by atoms with E-state index in [1.807, 2.05) is 0 Å². The molecule has 1 aromatic heterocycles.